The maximum Gasteiger partial charge on any atom is 0.336 e. The molecule has 0 fully saturated rings. The van der Waals surface area contributed by atoms with Crippen LogP contribution in [0.25, 0.3) is 0 Å². The van der Waals surface area contributed by atoms with Gasteiger partial charge in [-0.1, -0.05) is 18.2 Å². The number of benzene rings is 2. The van der Waals surface area contributed by atoms with Gasteiger partial charge in [-0.05, 0) is 36.8 Å². The third-order valence-electron chi connectivity index (χ3n) is 3.71. The molecule has 2 aromatic rings. The highest BCUT2D eigenvalue weighted by Crippen LogP contribution is 2.28. The van der Waals surface area contributed by atoms with Crippen molar-refractivity contribution in [1.82, 2.24) is 5.32 Å². The lowest BCUT2D eigenvalue weighted by Crippen LogP contribution is -2.30. The molecule has 7 heteroatoms. The van der Waals surface area contributed by atoms with Crippen LogP contribution in [-0.4, -0.2) is 36.5 Å². The molecule has 2 N–H and O–H groups in total. The lowest BCUT2D eigenvalue weighted by Gasteiger charge is -2.14. The van der Waals surface area contributed by atoms with Crippen molar-refractivity contribution in [3.63, 3.8) is 0 Å². The predicted octanol–water partition coefficient (Wildman–Crippen LogP) is 3.20. The summed E-state index contributed by atoms with van der Waals surface area (Å²) in [5.74, 6) is 0.0323. The van der Waals surface area contributed by atoms with Crippen LogP contribution in [0.3, 0.4) is 0 Å². The normalized spacial score (nSPS) is 11.5. The van der Waals surface area contributed by atoms with Gasteiger partial charge in [-0.15, -0.1) is 11.8 Å². The molecule has 1 amide bonds. The molecule has 0 spiro atoms. The van der Waals surface area contributed by atoms with Crippen LogP contribution in [0.4, 0.5) is 0 Å². The zero-order valence-corrected chi connectivity index (χ0v) is 15.6. The summed E-state index contributed by atoms with van der Waals surface area (Å²) in [5, 5.41) is 11.6. The Morgan fingerprint density at radius 1 is 1.12 bits per heavy atom. The average Bonchev–Trinajstić information content (AvgIpc) is 2.65. The molecule has 0 saturated heterocycles. The molecule has 6 nitrogen and oxygen atoms in total. The Kier molecular flexibility index (Phi) is 6.91. The number of carbonyl (C=O) groups excluding carboxylic acids is 1. The summed E-state index contributed by atoms with van der Waals surface area (Å²) in [5.41, 5.74) is 1.07. The van der Waals surface area contributed by atoms with E-state index >= 15 is 0 Å². The summed E-state index contributed by atoms with van der Waals surface area (Å²) >= 11 is 1.22. The van der Waals surface area contributed by atoms with Crippen molar-refractivity contribution in [1.29, 1.82) is 0 Å². The number of amides is 1. The second kappa shape index (κ2) is 9.15. The summed E-state index contributed by atoms with van der Waals surface area (Å²) in [7, 11) is 3.12. The van der Waals surface area contributed by atoms with Gasteiger partial charge in [0.2, 0.25) is 5.91 Å². The van der Waals surface area contributed by atoms with Crippen LogP contribution in [0.15, 0.2) is 47.4 Å². The van der Waals surface area contributed by atoms with E-state index in [4.69, 9.17) is 9.47 Å². The van der Waals surface area contributed by atoms with Gasteiger partial charge < -0.3 is 19.9 Å². The van der Waals surface area contributed by atoms with Crippen LogP contribution in [0.1, 0.15) is 22.8 Å². The number of carboxylic acids is 1. The van der Waals surface area contributed by atoms with Crippen LogP contribution in [0.5, 0.6) is 11.5 Å². The highest BCUT2D eigenvalue weighted by Gasteiger charge is 2.18. The Morgan fingerprint density at radius 2 is 1.81 bits per heavy atom. The van der Waals surface area contributed by atoms with Gasteiger partial charge in [0.05, 0.1) is 25.0 Å². The van der Waals surface area contributed by atoms with E-state index < -0.39 is 11.2 Å². The SMILES string of the molecule is COc1ccc(CNC(=O)[C@H](C)Sc2ccccc2C(=O)O)cc1OC. The van der Waals surface area contributed by atoms with Crippen molar-refractivity contribution in [2.24, 2.45) is 0 Å². The molecule has 0 aromatic heterocycles. The van der Waals surface area contributed by atoms with Gasteiger partial charge in [0, 0.05) is 11.4 Å². The second-order valence-corrected chi connectivity index (χ2v) is 6.85. The highest BCUT2D eigenvalue weighted by atomic mass is 32.2. The van der Waals surface area contributed by atoms with Crippen molar-refractivity contribution in [3.8, 4) is 11.5 Å². The fourth-order valence-corrected chi connectivity index (χ4v) is 3.32. The fourth-order valence-electron chi connectivity index (χ4n) is 2.31. The third kappa shape index (κ3) is 4.92. The number of carboxylic acid groups (broad SMARTS) is 1. The number of methoxy groups -OCH3 is 2. The Labute approximate surface area is 156 Å². The number of hydrogen-bond acceptors (Lipinski definition) is 5. The molecule has 1 atom stereocenters. The van der Waals surface area contributed by atoms with Crippen LogP contribution in [0, 0.1) is 0 Å². The van der Waals surface area contributed by atoms with E-state index in [2.05, 4.69) is 5.32 Å². The maximum atomic E-state index is 12.3. The number of nitrogens with one attached hydrogen (secondary N) is 1. The zero-order valence-electron chi connectivity index (χ0n) is 14.8. The molecular weight excluding hydrogens is 354 g/mol. The molecule has 2 aromatic carbocycles. The van der Waals surface area contributed by atoms with Crippen molar-refractivity contribution in [2.75, 3.05) is 14.2 Å². The quantitative estimate of drug-likeness (QED) is 0.689. The van der Waals surface area contributed by atoms with Crippen molar-refractivity contribution in [3.05, 3.63) is 53.6 Å². The summed E-state index contributed by atoms with van der Waals surface area (Å²) in [6, 6.07) is 12.1. The van der Waals surface area contributed by atoms with Crippen LogP contribution >= 0.6 is 11.8 Å². The largest absolute Gasteiger partial charge is 0.493 e. The standard InChI is InChI=1S/C19H21NO5S/c1-12(26-17-7-5-4-6-14(17)19(22)23)18(21)20-11-13-8-9-15(24-2)16(10-13)25-3/h4-10,12H,11H2,1-3H3,(H,20,21)(H,22,23)/t12-/m0/s1. The van der Waals surface area contributed by atoms with Gasteiger partial charge >= 0.3 is 5.97 Å². The Bertz CT molecular complexity index is 793. The number of ether oxygens (including phenoxy) is 2. The molecular formula is C19H21NO5S. The minimum absolute atomic E-state index is 0.176. The average molecular weight is 375 g/mol. The predicted molar refractivity (Wildman–Crippen MR) is 100 cm³/mol. The molecule has 0 unspecified atom stereocenters. The molecule has 0 aliphatic heterocycles. The van der Waals surface area contributed by atoms with E-state index in [0.717, 1.165) is 5.56 Å². The van der Waals surface area contributed by atoms with Crippen LogP contribution < -0.4 is 14.8 Å². The number of carbonyl (C=O) groups is 2. The molecule has 0 saturated carbocycles. The van der Waals surface area contributed by atoms with E-state index in [1.54, 1.807) is 51.5 Å². The summed E-state index contributed by atoms with van der Waals surface area (Å²) in [6.07, 6.45) is 0. The second-order valence-electron chi connectivity index (χ2n) is 5.47. The lowest BCUT2D eigenvalue weighted by molar-refractivity contribution is -0.120. The molecule has 2 rings (SSSR count). The summed E-state index contributed by atoms with van der Waals surface area (Å²) in [6.45, 7) is 2.08. The van der Waals surface area contributed by atoms with E-state index in [0.29, 0.717) is 22.9 Å². The van der Waals surface area contributed by atoms with Gasteiger partial charge in [0.25, 0.3) is 0 Å². The molecule has 26 heavy (non-hydrogen) atoms. The lowest BCUT2D eigenvalue weighted by atomic mass is 10.2. The number of hydrogen-bond donors (Lipinski definition) is 2. The van der Waals surface area contributed by atoms with Gasteiger partial charge in [0.1, 0.15) is 0 Å². The number of rotatable bonds is 8. The van der Waals surface area contributed by atoms with Gasteiger partial charge in [-0.2, -0.15) is 0 Å². The van der Waals surface area contributed by atoms with Gasteiger partial charge in [0.15, 0.2) is 11.5 Å². The minimum atomic E-state index is -1.01. The molecule has 0 aliphatic rings. The van der Waals surface area contributed by atoms with Gasteiger partial charge in [-0.3, -0.25) is 4.79 Å². The van der Waals surface area contributed by atoms with E-state index in [1.807, 2.05) is 6.07 Å². The van der Waals surface area contributed by atoms with E-state index in [9.17, 15) is 14.7 Å². The molecule has 0 heterocycles. The first-order valence-electron chi connectivity index (χ1n) is 7.93. The monoisotopic (exact) mass is 375 g/mol. The van der Waals surface area contributed by atoms with E-state index in [-0.39, 0.29) is 11.5 Å². The first-order chi connectivity index (χ1) is 12.5. The van der Waals surface area contributed by atoms with Crippen LogP contribution in [-0.2, 0) is 11.3 Å². The Hall–Kier alpha value is -2.67. The number of thioether (sulfide) groups is 1. The third-order valence-corrected chi connectivity index (χ3v) is 4.88. The topological polar surface area (TPSA) is 84.9 Å². The van der Waals surface area contributed by atoms with Crippen molar-refractivity contribution < 1.29 is 24.2 Å². The summed E-state index contributed by atoms with van der Waals surface area (Å²) in [4.78, 5) is 24.2. The highest BCUT2D eigenvalue weighted by molar-refractivity contribution is 8.00. The smallest absolute Gasteiger partial charge is 0.336 e. The van der Waals surface area contributed by atoms with Crippen molar-refractivity contribution in [2.45, 2.75) is 23.6 Å². The first-order valence-corrected chi connectivity index (χ1v) is 8.81. The summed E-state index contributed by atoms with van der Waals surface area (Å²) < 4.78 is 10.4. The Morgan fingerprint density at radius 3 is 2.46 bits per heavy atom. The van der Waals surface area contributed by atoms with Crippen molar-refractivity contribution >= 4 is 23.6 Å². The Balaban J connectivity index is 1.99. The number of aromatic carboxylic acids is 1. The minimum Gasteiger partial charge on any atom is -0.493 e. The molecule has 138 valence electrons. The maximum absolute atomic E-state index is 12.3. The van der Waals surface area contributed by atoms with E-state index in [1.165, 1.54) is 17.8 Å². The first kappa shape index (κ1) is 19.7. The molecule has 0 bridgehead atoms. The molecule has 0 radical (unpaired) electrons. The fraction of sp³-hybridized carbons (Fsp3) is 0.263. The van der Waals surface area contributed by atoms with Gasteiger partial charge in [-0.25, -0.2) is 4.79 Å². The zero-order chi connectivity index (χ0) is 19.1. The molecule has 0 aliphatic carbocycles. The van der Waals surface area contributed by atoms with Crippen LogP contribution in [0.2, 0.25) is 0 Å².